The van der Waals surface area contributed by atoms with Gasteiger partial charge in [0.1, 0.15) is 5.82 Å². The molecule has 3 rings (SSSR count). The fourth-order valence-corrected chi connectivity index (χ4v) is 6.07. The number of aryl methyl sites for hydroxylation is 1. The van der Waals surface area contributed by atoms with E-state index >= 15 is 0 Å². The van der Waals surface area contributed by atoms with Gasteiger partial charge in [0.25, 0.3) is 5.91 Å². The van der Waals surface area contributed by atoms with Crippen LogP contribution >= 0.6 is 23.1 Å². The van der Waals surface area contributed by atoms with Gasteiger partial charge in [-0.15, -0.1) is 0 Å². The first-order valence-electron chi connectivity index (χ1n) is 9.79. The number of aromatic nitrogens is 1. The summed E-state index contributed by atoms with van der Waals surface area (Å²) < 4.78 is 42.9. The number of rotatable bonds is 8. The van der Waals surface area contributed by atoms with Gasteiger partial charge in [-0.05, 0) is 48.7 Å². The van der Waals surface area contributed by atoms with Crippen molar-refractivity contribution in [3.63, 3.8) is 0 Å². The number of thioether (sulfide) groups is 1. The Kier molecular flexibility index (Phi) is 7.68. The number of thiazole rings is 1. The van der Waals surface area contributed by atoms with Crippen molar-refractivity contribution in [1.29, 1.82) is 0 Å². The van der Waals surface area contributed by atoms with E-state index in [0.717, 1.165) is 11.3 Å². The molecule has 1 amide bonds. The molecule has 0 aliphatic carbocycles. The number of fused-ring (bicyclic) bond motifs is 1. The molecule has 166 valence electrons. The predicted octanol–water partition coefficient (Wildman–Crippen LogP) is 3.98. The van der Waals surface area contributed by atoms with E-state index in [1.54, 1.807) is 31.7 Å². The van der Waals surface area contributed by atoms with Crippen molar-refractivity contribution >= 4 is 49.2 Å². The zero-order valence-electron chi connectivity index (χ0n) is 17.5. The van der Waals surface area contributed by atoms with Gasteiger partial charge in [0.2, 0.25) is 10.0 Å². The SMILES string of the molecule is CCN(CC)S(=O)(=O)c1ccc(C(=O)N=c2sc3cc(F)ccc3n2CCSC)cc1. The third-order valence-electron chi connectivity index (χ3n) is 4.81. The molecule has 0 bridgehead atoms. The van der Waals surface area contributed by atoms with Crippen LogP contribution in [0.25, 0.3) is 10.2 Å². The Morgan fingerprint density at radius 3 is 2.45 bits per heavy atom. The van der Waals surface area contributed by atoms with Gasteiger partial charge in [-0.2, -0.15) is 21.1 Å². The summed E-state index contributed by atoms with van der Waals surface area (Å²) in [6.07, 6.45) is 1.99. The van der Waals surface area contributed by atoms with E-state index in [-0.39, 0.29) is 10.7 Å². The van der Waals surface area contributed by atoms with Crippen molar-refractivity contribution in [2.24, 2.45) is 4.99 Å². The molecule has 0 saturated carbocycles. The number of carbonyl (C=O) groups is 1. The van der Waals surface area contributed by atoms with Gasteiger partial charge in [-0.1, -0.05) is 25.2 Å². The summed E-state index contributed by atoms with van der Waals surface area (Å²) in [5.74, 6) is 0.00744. The summed E-state index contributed by atoms with van der Waals surface area (Å²) in [6, 6.07) is 10.3. The van der Waals surface area contributed by atoms with E-state index in [4.69, 9.17) is 0 Å². The van der Waals surface area contributed by atoms with E-state index in [2.05, 4.69) is 4.99 Å². The Morgan fingerprint density at radius 2 is 1.84 bits per heavy atom. The zero-order valence-corrected chi connectivity index (χ0v) is 20.0. The Labute approximate surface area is 189 Å². The summed E-state index contributed by atoms with van der Waals surface area (Å²) in [7, 11) is -3.59. The average molecular weight is 482 g/mol. The minimum absolute atomic E-state index is 0.139. The molecular weight excluding hydrogens is 457 g/mol. The monoisotopic (exact) mass is 481 g/mol. The second kappa shape index (κ2) is 10.1. The molecule has 6 nitrogen and oxygen atoms in total. The maximum absolute atomic E-state index is 13.6. The largest absolute Gasteiger partial charge is 0.316 e. The third kappa shape index (κ3) is 5.08. The van der Waals surface area contributed by atoms with Crippen LogP contribution in [0.15, 0.2) is 52.4 Å². The Hall–Kier alpha value is -2.01. The lowest BCUT2D eigenvalue weighted by Gasteiger charge is -2.18. The first-order valence-corrected chi connectivity index (χ1v) is 13.4. The minimum Gasteiger partial charge on any atom is -0.316 e. The number of halogens is 1. The van der Waals surface area contributed by atoms with E-state index in [9.17, 15) is 17.6 Å². The molecule has 10 heteroatoms. The third-order valence-corrected chi connectivity index (χ3v) is 8.50. The Morgan fingerprint density at radius 1 is 1.16 bits per heavy atom. The highest BCUT2D eigenvalue weighted by atomic mass is 32.2. The number of sulfonamides is 1. The Balaban J connectivity index is 1.98. The summed E-state index contributed by atoms with van der Waals surface area (Å²) in [6.45, 7) is 4.94. The van der Waals surface area contributed by atoms with Gasteiger partial charge in [-0.25, -0.2) is 12.8 Å². The molecule has 0 radical (unpaired) electrons. The summed E-state index contributed by atoms with van der Waals surface area (Å²) in [5.41, 5.74) is 1.12. The highest BCUT2D eigenvalue weighted by molar-refractivity contribution is 7.98. The number of hydrogen-bond donors (Lipinski definition) is 0. The highest BCUT2D eigenvalue weighted by Gasteiger charge is 2.21. The molecule has 1 heterocycles. The van der Waals surface area contributed by atoms with Crippen molar-refractivity contribution in [2.45, 2.75) is 25.3 Å². The smallest absolute Gasteiger partial charge is 0.279 e. The molecule has 0 fully saturated rings. The normalized spacial score (nSPS) is 12.7. The molecule has 1 aromatic heterocycles. The molecule has 0 spiro atoms. The highest BCUT2D eigenvalue weighted by Crippen LogP contribution is 2.20. The molecule has 0 atom stereocenters. The van der Waals surface area contributed by atoms with Crippen molar-refractivity contribution < 1.29 is 17.6 Å². The molecule has 3 aromatic rings. The maximum atomic E-state index is 13.6. The van der Waals surface area contributed by atoms with Crippen LogP contribution in [-0.2, 0) is 16.6 Å². The first-order chi connectivity index (χ1) is 14.8. The van der Waals surface area contributed by atoms with Gasteiger partial charge in [0.15, 0.2) is 4.80 Å². The van der Waals surface area contributed by atoms with Crippen LogP contribution < -0.4 is 4.80 Å². The van der Waals surface area contributed by atoms with Crippen LogP contribution in [0.5, 0.6) is 0 Å². The number of nitrogens with zero attached hydrogens (tertiary/aromatic N) is 3. The minimum atomic E-state index is -3.59. The van der Waals surface area contributed by atoms with Crippen LogP contribution in [0.1, 0.15) is 24.2 Å². The molecule has 0 saturated heterocycles. The molecule has 0 unspecified atom stereocenters. The fraction of sp³-hybridized carbons (Fsp3) is 0.333. The summed E-state index contributed by atoms with van der Waals surface area (Å²) in [5, 5.41) is 0. The topological polar surface area (TPSA) is 71.7 Å². The number of amides is 1. The van der Waals surface area contributed by atoms with Crippen molar-refractivity contribution in [3.8, 4) is 0 Å². The summed E-state index contributed by atoms with van der Waals surface area (Å²) in [4.78, 5) is 17.7. The van der Waals surface area contributed by atoms with Gasteiger partial charge >= 0.3 is 0 Å². The van der Waals surface area contributed by atoms with Gasteiger partial charge < -0.3 is 4.57 Å². The van der Waals surface area contributed by atoms with Crippen molar-refractivity contribution in [1.82, 2.24) is 8.87 Å². The van der Waals surface area contributed by atoms with Crippen LogP contribution in [0.3, 0.4) is 0 Å². The second-order valence-corrected chi connectivity index (χ2v) is 10.6. The van der Waals surface area contributed by atoms with Crippen LogP contribution in [0, 0.1) is 5.82 Å². The first kappa shape index (κ1) is 23.6. The lowest BCUT2D eigenvalue weighted by Crippen LogP contribution is -2.30. The molecule has 2 aromatic carbocycles. The van der Waals surface area contributed by atoms with Crippen LogP contribution in [0.4, 0.5) is 4.39 Å². The van der Waals surface area contributed by atoms with Crippen LogP contribution in [0.2, 0.25) is 0 Å². The standard InChI is InChI=1S/C21H24FN3O3S3/c1-4-24(5-2)31(27,28)17-9-6-15(7-10-17)20(26)23-21-25(12-13-29-3)18-11-8-16(22)14-19(18)30-21/h6-11,14H,4-5,12-13H2,1-3H3. The van der Waals surface area contributed by atoms with Crippen LogP contribution in [-0.4, -0.2) is 48.3 Å². The predicted molar refractivity (Wildman–Crippen MR) is 125 cm³/mol. The zero-order chi connectivity index (χ0) is 22.6. The van der Waals surface area contributed by atoms with Crippen molar-refractivity contribution in [3.05, 3.63) is 58.6 Å². The van der Waals surface area contributed by atoms with Crippen molar-refractivity contribution in [2.75, 3.05) is 25.1 Å². The van der Waals surface area contributed by atoms with E-state index in [1.165, 1.54) is 52.0 Å². The van der Waals surface area contributed by atoms with Gasteiger partial charge in [0.05, 0.1) is 15.1 Å². The summed E-state index contributed by atoms with van der Waals surface area (Å²) >= 11 is 2.92. The molecule has 0 aliphatic heterocycles. The van der Waals surface area contributed by atoms with Gasteiger partial charge in [-0.3, -0.25) is 4.79 Å². The molecule has 0 N–H and O–H groups in total. The average Bonchev–Trinajstić information content (AvgIpc) is 3.08. The number of benzene rings is 2. The van der Waals surface area contributed by atoms with Gasteiger partial charge in [0, 0.05) is 31.0 Å². The molecule has 0 aliphatic rings. The van der Waals surface area contributed by atoms with E-state index < -0.39 is 15.9 Å². The fourth-order valence-electron chi connectivity index (χ4n) is 3.16. The van der Waals surface area contributed by atoms with E-state index in [0.29, 0.717) is 34.7 Å². The molecular formula is C21H24FN3O3S3. The number of hydrogen-bond acceptors (Lipinski definition) is 5. The molecule has 31 heavy (non-hydrogen) atoms. The lowest BCUT2D eigenvalue weighted by molar-refractivity contribution is 0.0997. The number of carbonyl (C=O) groups excluding carboxylic acids is 1. The second-order valence-electron chi connectivity index (χ2n) is 6.67. The lowest BCUT2D eigenvalue weighted by atomic mass is 10.2. The van der Waals surface area contributed by atoms with E-state index in [1.807, 2.05) is 10.8 Å². The quantitative estimate of drug-likeness (QED) is 0.488. The Bertz CT molecular complexity index is 1240. The maximum Gasteiger partial charge on any atom is 0.279 e.